The number of fused-ring (bicyclic) bond motifs is 1. The minimum Gasteiger partial charge on any atom is -0.376 e. The lowest BCUT2D eigenvalue weighted by molar-refractivity contribution is 0.0360. The van der Waals surface area contributed by atoms with Crippen LogP contribution in [0.2, 0.25) is 0 Å². The average molecular weight is 331 g/mol. The number of hydrogen-bond acceptors (Lipinski definition) is 5. The maximum absolute atomic E-state index is 12.1. The number of piperazine rings is 1. The van der Waals surface area contributed by atoms with Crippen LogP contribution < -0.4 is 0 Å². The zero-order valence-corrected chi connectivity index (χ0v) is 14.6. The molecule has 0 unspecified atom stereocenters. The molecule has 0 spiro atoms. The van der Waals surface area contributed by atoms with Gasteiger partial charge in [-0.2, -0.15) is 0 Å². The number of likely N-dealkylation sites (N-methyl/N-ethyl adjacent to an activating group) is 1. The molecule has 3 aliphatic heterocycles. The molecule has 3 rings (SSSR count). The molecular formula is C15H29N3O3S. The Balaban J connectivity index is 1.60. The molecule has 0 N–H and O–H groups in total. The van der Waals surface area contributed by atoms with Gasteiger partial charge in [0.1, 0.15) is 0 Å². The molecule has 7 heteroatoms. The Hall–Kier alpha value is -0.210. The minimum absolute atomic E-state index is 0.197. The predicted molar refractivity (Wildman–Crippen MR) is 86.3 cm³/mol. The second-order valence-electron chi connectivity index (χ2n) is 6.95. The van der Waals surface area contributed by atoms with Crippen molar-refractivity contribution in [2.75, 3.05) is 65.2 Å². The van der Waals surface area contributed by atoms with E-state index in [2.05, 4.69) is 16.8 Å². The summed E-state index contributed by atoms with van der Waals surface area (Å²) in [5.41, 5.74) is 0. The van der Waals surface area contributed by atoms with E-state index < -0.39 is 10.0 Å². The van der Waals surface area contributed by atoms with Crippen molar-refractivity contribution in [3.8, 4) is 0 Å². The highest BCUT2D eigenvalue weighted by Gasteiger charge is 2.43. The maximum Gasteiger partial charge on any atom is 0.213 e. The molecule has 3 aliphatic rings. The molecule has 0 saturated carbocycles. The zero-order chi connectivity index (χ0) is 15.7. The molecule has 0 aromatic heterocycles. The summed E-state index contributed by atoms with van der Waals surface area (Å²) < 4.78 is 32.0. The Bertz CT molecular complexity index is 476. The summed E-state index contributed by atoms with van der Waals surface area (Å²) in [5.74, 6) is 1.12. The molecule has 3 atom stereocenters. The van der Waals surface area contributed by atoms with Gasteiger partial charge >= 0.3 is 0 Å². The van der Waals surface area contributed by atoms with Crippen LogP contribution in [0.4, 0.5) is 0 Å². The highest BCUT2D eigenvalue weighted by atomic mass is 32.2. The first-order valence-electron chi connectivity index (χ1n) is 8.50. The summed E-state index contributed by atoms with van der Waals surface area (Å²) in [4.78, 5) is 4.82. The second-order valence-corrected chi connectivity index (χ2v) is 9.20. The van der Waals surface area contributed by atoms with E-state index in [1.54, 1.807) is 11.2 Å². The van der Waals surface area contributed by atoms with E-state index in [4.69, 9.17) is 4.74 Å². The summed E-state index contributed by atoms with van der Waals surface area (Å²) in [7, 11) is -0.905. The highest BCUT2D eigenvalue weighted by molar-refractivity contribution is 7.89. The van der Waals surface area contributed by atoms with Crippen LogP contribution in [-0.4, -0.2) is 93.8 Å². The summed E-state index contributed by atoms with van der Waals surface area (Å²) in [6.07, 6.45) is 1.15. The summed E-state index contributed by atoms with van der Waals surface area (Å²) in [6, 6.07) is 0. The Morgan fingerprint density at radius 1 is 1.14 bits per heavy atom. The van der Waals surface area contributed by atoms with Crippen molar-refractivity contribution in [2.24, 2.45) is 11.8 Å². The fourth-order valence-electron chi connectivity index (χ4n) is 3.91. The van der Waals surface area contributed by atoms with Gasteiger partial charge in [0.05, 0.1) is 18.5 Å². The lowest BCUT2D eigenvalue weighted by Crippen LogP contribution is -2.50. The van der Waals surface area contributed by atoms with E-state index in [0.717, 1.165) is 45.8 Å². The van der Waals surface area contributed by atoms with Gasteiger partial charge in [-0.05, 0) is 26.3 Å². The van der Waals surface area contributed by atoms with Crippen molar-refractivity contribution < 1.29 is 13.2 Å². The predicted octanol–water partition coefficient (Wildman–Crippen LogP) is -0.0796. The maximum atomic E-state index is 12.1. The smallest absolute Gasteiger partial charge is 0.213 e. The minimum atomic E-state index is -3.07. The zero-order valence-electron chi connectivity index (χ0n) is 13.8. The van der Waals surface area contributed by atoms with E-state index in [1.807, 2.05) is 0 Å². The van der Waals surface area contributed by atoms with Crippen molar-refractivity contribution >= 4 is 10.0 Å². The molecule has 3 saturated heterocycles. The Morgan fingerprint density at radius 3 is 2.55 bits per heavy atom. The van der Waals surface area contributed by atoms with Gasteiger partial charge in [0.2, 0.25) is 10.0 Å². The molecule has 0 aromatic carbocycles. The van der Waals surface area contributed by atoms with E-state index in [0.29, 0.717) is 24.9 Å². The van der Waals surface area contributed by atoms with Gasteiger partial charge in [0.15, 0.2) is 0 Å². The van der Waals surface area contributed by atoms with Crippen molar-refractivity contribution in [2.45, 2.75) is 19.4 Å². The van der Waals surface area contributed by atoms with Crippen molar-refractivity contribution in [1.29, 1.82) is 0 Å². The van der Waals surface area contributed by atoms with Gasteiger partial charge in [-0.15, -0.1) is 0 Å². The van der Waals surface area contributed by atoms with Crippen molar-refractivity contribution in [1.82, 2.24) is 14.1 Å². The normalized spacial score (nSPS) is 35.6. The third kappa shape index (κ3) is 3.48. The molecule has 0 radical (unpaired) electrons. The largest absolute Gasteiger partial charge is 0.376 e. The molecule has 22 heavy (non-hydrogen) atoms. The van der Waals surface area contributed by atoms with Gasteiger partial charge in [-0.3, -0.25) is 4.90 Å². The van der Waals surface area contributed by atoms with Crippen molar-refractivity contribution in [3.05, 3.63) is 0 Å². The summed E-state index contributed by atoms with van der Waals surface area (Å²) >= 11 is 0. The molecule has 3 heterocycles. The third-order valence-electron chi connectivity index (χ3n) is 5.56. The first-order chi connectivity index (χ1) is 10.5. The highest BCUT2D eigenvalue weighted by Crippen LogP contribution is 2.35. The number of piperidine rings is 1. The van der Waals surface area contributed by atoms with Gasteiger partial charge < -0.3 is 9.64 Å². The van der Waals surface area contributed by atoms with Crippen LogP contribution in [0, 0.1) is 11.8 Å². The van der Waals surface area contributed by atoms with Gasteiger partial charge in [-0.25, -0.2) is 12.7 Å². The third-order valence-corrected chi connectivity index (χ3v) is 7.41. The van der Waals surface area contributed by atoms with Crippen LogP contribution >= 0.6 is 0 Å². The Morgan fingerprint density at radius 2 is 1.86 bits per heavy atom. The molecule has 0 aliphatic carbocycles. The SMILES string of the molecule is CCS(=O)(=O)N1CC[C@@H]2CO[C@@H](CN3CCN(C)CC3)[C@@H]2C1. The molecule has 0 aromatic rings. The first kappa shape index (κ1) is 16.6. The molecule has 128 valence electrons. The van der Waals surface area contributed by atoms with E-state index in [1.165, 1.54) is 0 Å². The quantitative estimate of drug-likeness (QED) is 0.721. The molecule has 0 amide bonds. The monoisotopic (exact) mass is 331 g/mol. The number of sulfonamides is 1. The second kappa shape index (κ2) is 6.73. The van der Waals surface area contributed by atoms with Crippen LogP contribution in [0.3, 0.4) is 0 Å². The number of hydrogen-bond donors (Lipinski definition) is 0. The van der Waals surface area contributed by atoms with Crippen LogP contribution in [0.25, 0.3) is 0 Å². The standard InChI is InChI=1S/C15H29N3O3S/c1-3-22(19,20)18-5-4-13-12-21-15(14(13)10-18)11-17-8-6-16(2)7-9-17/h13-15H,3-12H2,1-2H3/t13-,14-,15+/m1/s1. The molecule has 6 nitrogen and oxygen atoms in total. The van der Waals surface area contributed by atoms with Crippen LogP contribution in [-0.2, 0) is 14.8 Å². The molecular weight excluding hydrogens is 302 g/mol. The molecule has 0 bridgehead atoms. The summed E-state index contributed by atoms with van der Waals surface area (Å²) in [6.45, 7) is 9.21. The fraction of sp³-hybridized carbons (Fsp3) is 1.00. The number of rotatable bonds is 4. The van der Waals surface area contributed by atoms with Crippen molar-refractivity contribution in [3.63, 3.8) is 0 Å². The number of nitrogens with zero attached hydrogens (tertiary/aromatic N) is 3. The lowest BCUT2D eigenvalue weighted by atomic mass is 9.85. The Labute approximate surface area is 134 Å². The van der Waals surface area contributed by atoms with E-state index >= 15 is 0 Å². The van der Waals surface area contributed by atoms with Gasteiger partial charge in [0.25, 0.3) is 0 Å². The van der Waals surface area contributed by atoms with Crippen LogP contribution in [0.15, 0.2) is 0 Å². The first-order valence-corrected chi connectivity index (χ1v) is 10.1. The fourth-order valence-corrected chi connectivity index (χ4v) is 5.05. The van der Waals surface area contributed by atoms with Gasteiger partial charge in [0, 0.05) is 51.7 Å². The number of ether oxygens (including phenoxy) is 1. The Kier molecular flexibility index (Phi) is 5.09. The lowest BCUT2D eigenvalue weighted by Gasteiger charge is -2.38. The molecule has 3 fully saturated rings. The van der Waals surface area contributed by atoms with E-state index in [-0.39, 0.29) is 11.9 Å². The topological polar surface area (TPSA) is 53.1 Å². The van der Waals surface area contributed by atoms with Crippen LogP contribution in [0.5, 0.6) is 0 Å². The van der Waals surface area contributed by atoms with Gasteiger partial charge in [-0.1, -0.05) is 0 Å². The summed E-state index contributed by atoms with van der Waals surface area (Å²) in [5, 5.41) is 0. The van der Waals surface area contributed by atoms with Crippen LogP contribution in [0.1, 0.15) is 13.3 Å². The van der Waals surface area contributed by atoms with E-state index in [9.17, 15) is 8.42 Å². The average Bonchev–Trinajstić information content (AvgIpc) is 2.92.